The number of benzene rings is 2. The molecule has 0 saturated heterocycles. The molecule has 1 N–H and O–H groups in total. The van der Waals surface area contributed by atoms with E-state index in [1.165, 1.54) is 17.8 Å². The number of amides is 1. The predicted octanol–water partition coefficient (Wildman–Crippen LogP) is 4.89. The topological polar surface area (TPSA) is 73.0 Å². The van der Waals surface area contributed by atoms with E-state index in [0.717, 1.165) is 16.5 Å². The fourth-order valence-electron chi connectivity index (χ4n) is 3.01. The zero-order valence-corrected chi connectivity index (χ0v) is 16.8. The number of furan rings is 1. The van der Waals surface area contributed by atoms with Crippen molar-refractivity contribution in [2.45, 2.75) is 25.5 Å². The summed E-state index contributed by atoms with van der Waals surface area (Å²) in [5.41, 5.74) is 1.83. The second kappa shape index (κ2) is 8.08. The standard InChI is InChI=1S/C21H19FN4O2S/c1-3-26-20(18-11-14-6-4-5-7-17(14)28-18)24-25-21(26)29-12-19(27)23-16-10-13(2)8-9-15(16)22/h4-11H,3,12H2,1-2H3,(H,23,27). The summed E-state index contributed by atoms with van der Waals surface area (Å²) < 4.78 is 21.6. The number of hydrogen-bond donors (Lipinski definition) is 1. The number of aryl methyl sites for hydroxylation is 1. The molecule has 148 valence electrons. The Labute approximate surface area is 171 Å². The molecule has 0 aliphatic rings. The number of carbonyl (C=O) groups is 1. The van der Waals surface area contributed by atoms with Gasteiger partial charge in [-0.2, -0.15) is 0 Å². The van der Waals surface area contributed by atoms with Crippen LogP contribution in [0.5, 0.6) is 0 Å². The van der Waals surface area contributed by atoms with Crippen molar-refractivity contribution < 1.29 is 13.6 Å². The first kappa shape index (κ1) is 19.2. The molecule has 0 aliphatic carbocycles. The third kappa shape index (κ3) is 4.02. The van der Waals surface area contributed by atoms with Crippen molar-refractivity contribution in [2.75, 3.05) is 11.1 Å². The monoisotopic (exact) mass is 410 g/mol. The summed E-state index contributed by atoms with van der Waals surface area (Å²) in [7, 11) is 0. The highest BCUT2D eigenvalue weighted by Crippen LogP contribution is 2.29. The van der Waals surface area contributed by atoms with Crippen molar-refractivity contribution in [2.24, 2.45) is 0 Å². The Morgan fingerprint density at radius 3 is 2.83 bits per heavy atom. The Morgan fingerprint density at radius 1 is 1.21 bits per heavy atom. The van der Waals surface area contributed by atoms with Gasteiger partial charge in [-0.05, 0) is 43.7 Å². The van der Waals surface area contributed by atoms with Gasteiger partial charge in [0.1, 0.15) is 11.4 Å². The van der Waals surface area contributed by atoms with Crippen LogP contribution >= 0.6 is 11.8 Å². The Hall–Kier alpha value is -3.13. The van der Waals surface area contributed by atoms with Gasteiger partial charge in [-0.15, -0.1) is 10.2 Å². The van der Waals surface area contributed by atoms with E-state index in [-0.39, 0.29) is 17.3 Å². The van der Waals surface area contributed by atoms with Crippen molar-refractivity contribution >= 4 is 34.3 Å². The van der Waals surface area contributed by atoms with Crippen LogP contribution in [0.15, 0.2) is 58.1 Å². The molecule has 0 radical (unpaired) electrons. The lowest BCUT2D eigenvalue weighted by Crippen LogP contribution is -2.15. The number of rotatable bonds is 6. The van der Waals surface area contributed by atoms with E-state index in [0.29, 0.717) is 23.3 Å². The number of fused-ring (bicyclic) bond motifs is 1. The first-order valence-corrected chi connectivity index (χ1v) is 10.1. The number of thioether (sulfide) groups is 1. The number of anilines is 1. The molecule has 2 aromatic carbocycles. The van der Waals surface area contributed by atoms with E-state index in [1.807, 2.05) is 48.7 Å². The van der Waals surface area contributed by atoms with Gasteiger partial charge in [-0.25, -0.2) is 4.39 Å². The van der Waals surface area contributed by atoms with E-state index in [1.54, 1.807) is 12.1 Å². The maximum absolute atomic E-state index is 13.8. The molecule has 2 aromatic heterocycles. The number of aromatic nitrogens is 3. The summed E-state index contributed by atoms with van der Waals surface area (Å²) in [5.74, 6) is 0.550. The number of nitrogens with zero attached hydrogens (tertiary/aromatic N) is 3. The lowest BCUT2D eigenvalue weighted by molar-refractivity contribution is -0.113. The molecule has 0 atom stereocenters. The maximum Gasteiger partial charge on any atom is 0.234 e. The molecule has 0 spiro atoms. The van der Waals surface area contributed by atoms with Gasteiger partial charge in [0.25, 0.3) is 0 Å². The molecule has 2 heterocycles. The van der Waals surface area contributed by atoms with Gasteiger partial charge in [0.15, 0.2) is 10.9 Å². The summed E-state index contributed by atoms with van der Waals surface area (Å²) in [6, 6.07) is 14.3. The SMILES string of the molecule is CCn1c(SCC(=O)Nc2cc(C)ccc2F)nnc1-c1cc2ccccc2o1. The van der Waals surface area contributed by atoms with Crippen LogP contribution in [-0.2, 0) is 11.3 Å². The van der Waals surface area contributed by atoms with Crippen LogP contribution < -0.4 is 5.32 Å². The van der Waals surface area contributed by atoms with Crippen molar-refractivity contribution in [3.63, 3.8) is 0 Å². The summed E-state index contributed by atoms with van der Waals surface area (Å²) in [4.78, 5) is 12.3. The fourth-order valence-corrected chi connectivity index (χ4v) is 3.81. The van der Waals surface area contributed by atoms with E-state index in [9.17, 15) is 9.18 Å². The van der Waals surface area contributed by atoms with Crippen molar-refractivity contribution in [3.05, 3.63) is 59.9 Å². The van der Waals surface area contributed by atoms with Gasteiger partial charge in [0.2, 0.25) is 11.7 Å². The highest BCUT2D eigenvalue weighted by molar-refractivity contribution is 7.99. The lowest BCUT2D eigenvalue weighted by Gasteiger charge is -2.08. The van der Waals surface area contributed by atoms with Crippen molar-refractivity contribution in [1.29, 1.82) is 0 Å². The smallest absolute Gasteiger partial charge is 0.234 e. The van der Waals surface area contributed by atoms with Crippen LogP contribution in [0.3, 0.4) is 0 Å². The lowest BCUT2D eigenvalue weighted by atomic mass is 10.2. The minimum Gasteiger partial charge on any atom is -0.453 e. The Kier molecular flexibility index (Phi) is 5.35. The molecule has 4 aromatic rings. The number of hydrogen-bond acceptors (Lipinski definition) is 5. The van der Waals surface area contributed by atoms with E-state index >= 15 is 0 Å². The number of halogens is 1. The average Bonchev–Trinajstić information content (AvgIpc) is 3.32. The molecule has 0 fully saturated rings. The van der Waals surface area contributed by atoms with Gasteiger partial charge in [-0.1, -0.05) is 36.0 Å². The molecule has 4 rings (SSSR count). The van der Waals surface area contributed by atoms with Crippen molar-refractivity contribution in [3.8, 4) is 11.6 Å². The van der Waals surface area contributed by atoms with Crippen LogP contribution in [0.2, 0.25) is 0 Å². The third-order valence-electron chi connectivity index (χ3n) is 4.41. The summed E-state index contributed by atoms with van der Waals surface area (Å²) >= 11 is 1.24. The minimum absolute atomic E-state index is 0.0889. The van der Waals surface area contributed by atoms with Crippen LogP contribution in [0, 0.1) is 12.7 Å². The fraction of sp³-hybridized carbons (Fsp3) is 0.190. The van der Waals surface area contributed by atoms with Crippen molar-refractivity contribution in [1.82, 2.24) is 14.8 Å². The normalized spacial score (nSPS) is 11.1. The van der Waals surface area contributed by atoms with E-state index < -0.39 is 5.82 Å². The van der Waals surface area contributed by atoms with E-state index in [2.05, 4.69) is 15.5 Å². The zero-order valence-electron chi connectivity index (χ0n) is 16.0. The number of nitrogens with one attached hydrogen (secondary N) is 1. The minimum atomic E-state index is -0.460. The molecular weight excluding hydrogens is 391 g/mol. The second-order valence-corrected chi connectivity index (χ2v) is 7.46. The van der Waals surface area contributed by atoms with Gasteiger partial charge in [0.05, 0.1) is 11.4 Å². The molecular formula is C21H19FN4O2S. The Morgan fingerprint density at radius 2 is 2.03 bits per heavy atom. The van der Waals surface area contributed by atoms with Crippen LogP contribution in [0.4, 0.5) is 10.1 Å². The molecule has 8 heteroatoms. The Balaban J connectivity index is 1.49. The first-order chi connectivity index (χ1) is 14.0. The largest absolute Gasteiger partial charge is 0.453 e. The molecule has 6 nitrogen and oxygen atoms in total. The van der Waals surface area contributed by atoms with Crippen LogP contribution in [-0.4, -0.2) is 26.4 Å². The van der Waals surface area contributed by atoms with Crippen LogP contribution in [0.25, 0.3) is 22.6 Å². The molecule has 0 unspecified atom stereocenters. The Bertz CT molecular complexity index is 1150. The summed E-state index contributed by atoms with van der Waals surface area (Å²) in [5, 5.41) is 12.6. The second-order valence-electron chi connectivity index (χ2n) is 6.52. The quantitative estimate of drug-likeness (QED) is 0.458. The summed E-state index contributed by atoms with van der Waals surface area (Å²) in [6.45, 7) is 4.44. The molecule has 29 heavy (non-hydrogen) atoms. The number of carbonyl (C=O) groups excluding carboxylic acids is 1. The predicted molar refractivity (Wildman–Crippen MR) is 111 cm³/mol. The zero-order chi connectivity index (χ0) is 20.4. The highest BCUT2D eigenvalue weighted by atomic mass is 32.2. The molecule has 0 saturated carbocycles. The van der Waals surface area contributed by atoms with Gasteiger partial charge >= 0.3 is 0 Å². The third-order valence-corrected chi connectivity index (χ3v) is 5.37. The van der Waals surface area contributed by atoms with Gasteiger partial charge in [-0.3, -0.25) is 9.36 Å². The average molecular weight is 410 g/mol. The van der Waals surface area contributed by atoms with Crippen LogP contribution in [0.1, 0.15) is 12.5 Å². The van der Waals surface area contributed by atoms with Gasteiger partial charge in [0, 0.05) is 11.9 Å². The molecule has 0 aliphatic heterocycles. The highest BCUT2D eigenvalue weighted by Gasteiger charge is 2.18. The maximum atomic E-state index is 13.8. The molecule has 0 bridgehead atoms. The summed E-state index contributed by atoms with van der Waals surface area (Å²) in [6.07, 6.45) is 0. The molecule has 1 amide bonds. The first-order valence-electron chi connectivity index (χ1n) is 9.16. The van der Waals surface area contributed by atoms with Gasteiger partial charge < -0.3 is 9.73 Å². The van der Waals surface area contributed by atoms with E-state index in [4.69, 9.17) is 4.42 Å². The number of para-hydroxylation sites is 1.